The monoisotopic (exact) mass is 422 g/mol. The first-order valence-corrected chi connectivity index (χ1v) is 8.83. The van der Waals surface area contributed by atoms with Crippen LogP contribution in [0, 0.1) is 13.8 Å². The molecular weight excluding hydrogens is 401 g/mol. The van der Waals surface area contributed by atoms with E-state index >= 15 is 0 Å². The molecule has 0 unspecified atom stereocenters. The fraction of sp³-hybridized carbons (Fsp3) is 0.286. The highest BCUT2D eigenvalue weighted by Gasteiger charge is 2.30. The smallest absolute Gasteiger partial charge is 0.416 e. The summed E-state index contributed by atoms with van der Waals surface area (Å²) in [6.07, 6.45) is -4.46. The number of carboxylic acids is 1. The maximum absolute atomic E-state index is 12.9. The van der Waals surface area contributed by atoms with Gasteiger partial charge in [0.25, 0.3) is 0 Å². The third-order valence-corrected chi connectivity index (χ3v) is 4.39. The zero-order valence-electron chi connectivity index (χ0n) is 16.9. The second-order valence-corrected chi connectivity index (χ2v) is 6.55. The van der Waals surface area contributed by atoms with Crippen molar-refractivity contribution >= 4 is 17.4 Å². The number of benzene rings is 2. The molecule has 0 aliphatic rings. The van der Waals surface area contributed by atoms with Gasteiger partial charge in [-0.25, -0.2) is 4.79 Å². The van der Waals surface area contributed by atoms with Gasteiger partial charge in [-0.3, -0.25) is 0 Å². The number of hydrogen-bond donors (Lipinski definition) is 1. The number of aryl methyl sites for hydroxylation is 2. The Morgan fingerprint density at radius 1 is 1.10 bits per heavy atom. The minimum atomic E-state index is -4.46. The number of halogens is 3. The van der Waals surface area contributed by atoms with Crippen molar-refractivity contribution in [3.05, 3.63) is 69.8 Å². The van der Waals surface area contributed by atoms with E-state index in [1.54, 1.807) is 12.1 Å². The van der Waals surface area contributed by atoms with E-state index in [2.05, 4.69) is 15.1 Å². The molecule has 1 N–H and O–H groups in total. The van der Waals surface area contributed by atoms with Crippen molar-refractivity contribution in [1.29, 1.82) is 0 Å². The highest BCUT2D eigenvalue weighted by molar-refractivity contribution is 6.42. The molecular formula is C21H21F3N2O4. The van der Waals surface area contributed by atoms with E-state index in [1.165, 1.54) is 26.2 Å². The summed E-state index contributed by atoms with van der Waals surface area (Å²) in [7, 11) is 1.24. The molecule has 0 heterocycles. The molecule has 0 aliphatic carbocycles. The Kier molecular flexibility index (Phi) is 7.20. The first-order valence-electron chi connectivity index (χ1n) is 8.83. The normalized spacial score (nSPS) is 12.6. The van der Waals surface area contributed by atoms with Gasteiger partial charge in [-0.15, -0.1) is 0 Å². The van der Waals surface area contributed by atoms with Crippen molar-refractivity contribution in [1.82, 2.24) is 0 Å². The van der Waals surface area contributed by atoms with Crippen LogP contribution in [0.3, 0.4) is 0 Å². The molecule has 0 saturated heterocycles. The number of oxime groups is 2. The number of hydrogen-bond acceptors (Lipinski definition) is 5. The summed E-state index contributed by atoms with van der Waals surface area (Å²) < 4.78 is 38.6. The standard InChI is InChI=1S/C21H21F3N2O4/c1-12-8-16(18(9-13(12)2)19(20(27)28)26-29-4)11-30-25-14(3)15-6-5-7-17(10-15)21(22,23)24/h5-10H,11H2,1-4H3,(H,27,28). The summed E-state index contributed by atoms with van der Waals surface area (Å²) in [5.74, 6) is -1.27. The molecule has 0 fully saturated rings. The van der Waals surface area contributed by atoms with E-state index in [-0.39, 0.29) is 23.6 Å². The van der Waals surface area contributed by atoms with Gasteiger partial charge < -0.3 is 14.8 Å². The molecule has 0 aliphatic heterocycles. The molecule has 2 rings (SSSR count). The van der Waals surface area contributed by atoms with E-state index in [9.17, 15) is 23.1 Å². The van der Waals surface area contributed by atoms with Crippen LogP contribution >= 0.6 is 0 Å². The first-order chi connectivity index (χ1) is 14.0. The van der Waals surface area contributed by atoms with Crippen LogP contribution in [0.15, 0.2) is 46.7 Å². The summed E-state index contributed by atoms with van der Waals surface area (Å²) in [4.78, 5) is 21.5. The van der Waals surface area contributed by atoms with Crippen molar-refractivity contribution in [3.8, 4) is 0 Å². The van der Waals surface area contributed by atoms with E-state index in [0.717, 1.165) is 23.3 Å². The summed E-state index contributed by atoms with van der Waals surface area (Å²) in [5.41, 5.74) is 1.98. The zero-order valence-corrected chi connectivity index (χ0v) is 16.9. The van der Waals surface area contributed by atoms with Crippen molar-refractivity contribution in [2.45, 2.75) is 33.6 Å². The molecule has 9 heteroatoms. The maximum atomic E-state index is 12.9. The molecule has 0 radical (unpaired) electrons. The Bertz CT molecular complexity index is 998. The second kappa shape index (κ2) is 9.43. The zero-order chi connectivity index (χ0) is 22.5. The number of nitrogens with zero attached hydrogens (tertiary/aromatic N) is 2. The molecule has 0 amide bonds. The Balaban J connectivity index is 2.30. The van der Waals surface area contributed by atoms with Crippen LogP contribution in [0.25, 0.3) is 0 Å². The Morgan fingerprint density at radius 2 is 1.77 bits per heavy atom. The largest absolute Gasteiger partial charge is 0.476 e. The third-order valence-electron chi connectivity index (χ3n) is 4.39. The summed E-state index contributed by atoms with van der Waals surface area (Å²) >= 11 is 0. The maximum Gasteiger partial charge on any atom is 0.416 e. The highest BCUT2D eigenvalue weighted by Crippen LogP contribution is 2.29. The van der Waals surface area contributed by atoms with Gasteiger partial charge in [0.05, 0.1) is 11.3 Å². The lowest BCUT2D eigenvalue weighted by atomic mass is 9.97. The molecule has 0 spiro atoms. The lowest BCUT2D eigenvalue weighted by Gasteiger charge is -2.12. The number of carbonyl (C=O) groups is 1. The number of alkyl halides is 3. The van der Waals surface area contributed by atoms with Crippen molar-refractivity contribution < 1.29 is 32.7 Å². The molecule has 6 nitrogen and oxygen atoms in total. The second-order valence-electron chi connectivity index (χ2n) is 6.55. The fourth-order valence-electron chi connectivity index (χ4n) is 2.68. The quantitative estimate of drug-likeness (QED) is 0.518. The van der Waals surface area contributed by atoms with Crippen LogP contribution in [-0.4, -0.2) is 29.6 Å². The third kappa shape index (κ3) is 5.59. The lowest BCUT2D eigenvalue weighted by molar-refractivity contribution is -0.137. The SMILES string of the molecule is CON=C(C(=O)O)c1cc(C)c(C)cc1CON=C(C)c1cccc(C(F)(F)F)c1. The average molecular weight is 422 g/mol. The van der Waals surface area contributed by atoms with E-state index < -0.39 is 17.7 Å². The number of carboxylic acid groups (broad SMARTS) is 1. The van der Waals surface area contributed by atoms with Gasteiger partial charge in [0.1, 0.15) is 13.7 Å². The van der Waals surface area contributed by atoms with E-state index in [1.807, 2.05) is 13.8 Å². The van der Waals surface area contributed by atoms with Crippen LogP contribution in [0.1, 0.15) is 40.3 Å². The minimum absolute atomic E-state index is 0.108. The lowest BCUT2D eigenvalue weighted by Crippen LogP contribution is -2.18. The molecule has 0 aromatic heterocycles. The van der Waals surface area contributed by atoms with Crippen molar-refractivity contribution in [2.75, 3.05) is 7.11 Å². The molecule has 0 saturated carbocycles. The molecule has 0 bridgehead atoms. The highest BCUT2D eigenvalue weighted by atomic mass is 19.4. The van der Waals surface area contributed by atoms with Gasteiger partial charge in [0.15, 0.2) is 5.71 Å². The topological polar surface area (TPSA) is 80.5 Å². The molecule has 2 aromatic carbocycles. The first kappa shape index (κ1) is 22.9. The van der Waals surface area contributed by atoms with Gasteiger partial charge in [-0.2, -0.15) is 13.2 Å². The van der Waals surface area contributed by atoms with Gasteiger partial charge in [0, 0.05) is 11.1 Å². The van der Waals surface area contributed by atoms with Crippen LogP contribution in [0.5, 0.6) is 0 Å². The van der Waals surface area contributed by atoms with Crippen LogP contribution in [-0.2, 0) is 27.3 Å². The van der Waals surface area contributed by atoms with Crippen LogP contribution < -0.4 is 0 Å². The predicted molar refractivity (Wildman–Crippen MR) is 106 cm³/mol. The van der Waals surface area contributed by atoms with Gasteiger partial charge in [-0.05, 0) is 55.7 Å². The van der Waals surface area contributed by atoms with Gasteiger partial charge >= 0.3 is 12.1 Å². The Labute approximate surface area is 171 Å². The molecule has 2 aromatic rings. The Morgan fingerprint density at radius 3 is 2.37 bits per heavy atom. The predicted octanol–water partition coefficient (Wildman–Crippen LogP) is 4.70. The fourth-order valence-corrected chi connectivity index (χ4v) is 2.68. The summed E-state index contributed by atoms with van der Waals surface area (Å²) in [6.45, 7) is 5.09. The van der Waals surface area contributed by atoms with E-state index in [0.29, 0.717) is 11.1 Å². The molecule has 0 atom stereocenters. The van der Waals surface area contributed by atoms with Crippen LogP contribution in [0.4, 0.5) is 13.2 Å². The van der Waals surface area contributed by atoms with Crippen molar-refractivity contribution in [2.24, 2.45) is 10.3 Å². The summed E-state index contributed by atoms with van der Waals surface area (Å²) in [5, 5.41) is 16.9. The number of aliphatic carboxylic acids is 1. The molecule has 160 valence electrons. The van der Waals surface area contributed by atoms with E-state index in [4.69, 9.17) is 4.84 Å². The average Bonchev–Trinajstić information content (AvgIpc) is 2.68. The van der Waals surface area contributed by atoms with Gasteiger partial charge in [0.2, 0.25) is 0 Å². The summed E-state index contributed by atoms with van der Waals surface area (Å²) in [6, 6.07) is 8.14. The Hall–Kier alpha value is -3.36. The van der Waals surface area contributed by atoms with Crippen LogP contribution in [0.2, 0.25) is 0 Å². The molecule has 30 heavy (non-hydrogen) atoms. The van der Waals surface area contributed by atoms with Crippen molar-refractivity contribution in [3.63, 3.8) is 0 Å². The van der Waals surface area contributed by atoms with Gasteiger partial charge in [-0.1, -0.05) is 28.5 Å². The minimum Gasteiger partial charge on any atom is -0.476 e. The number of rotatable bonds is 7.